The number of benzene rings is 1. The minimum Gasteiger partial charge on any atom is -0.493 e. The molecule has 1 rings (SSSR count). The summed E-state index contributed by atoms with van der Waals surface area (Å²) in [4.78, 5) is 33.4. The normalized spacial score (nSPS) is 11.9. The predicted octanol–water partition coefficient (Wildman–Crippen LogP) is 1.92. The highest BCUT2D eigenvalue weighted by atomic mass is 16.5. The van der Waals surface area contributed by atoms with Crippen molar-refractivity contribution in [2.75, 3.05) is 6.61 Å². The van der Waals surface area contributed by atoms with Crippen LogP contribution in [0.4, 0.5) is 0 Å². The fourth-order valence-electron chi connectivity index (χ4n) is 1.87. The van der Waals surface area contributed by atoms with Crippen LogP contribution in [0.25, 0.3) is 6.08 Å². The highest BCUT2D eigenvalue weighted by molar-refractivity contribution is 5.94. The van der Waals surface area contributed by atoms with Gasteiger partial charge in [-0.2, -0.15) is 0 Å². The summed E-state index contributed by atoms with van der Waals surface area (Å²) in [6, 6.07) is 5.91. The molecule has 24 heavy (non-hydrogen) atoms. The second-order valence-corrected chi connectivity index (χ2v) is 5.05. The first-order valence-corrected chi connectivity index (χ1v) is 7.59. The van der Waals surface area contributed by atoms with Crippen LogP contribution in [-0.4, -0.2) is 40.7 Å². The van der Waals surface area contributed by atoms with E-state index in [1.807, 2.05) is 13.0 Å². The van der Waals surface area contributed by atoms with Gasteiger partial charge in [0.2, 0.25) is 5.91 Å². The van der Waals surface area contributed by atoms with E-state index in [0.29, 0.717) is 17.9 Å². The van der Waals surface area contributed by atoms with E-state index in [-0.39, 0.29) is 12.8 Å². The molecule has 1 amide bonds. The Labute approximate surface area is 139 Å². The van der Waals surface area contributed by atoms with E-state index in [1.165, 1.54) is 12.2 Å². The molecule has 0 bridgehead atoms. The quantitative estimate of drug-likeness (QED) is 0.563. The second-order valence-electron chi connectivity index (χ2n) is 5.05. The second kappa shape index (κ2) is 10.0. The molecule has 0 radical (unpaired) electrons. The fourth-order valence-corrected chi connectivity index (χ4v) is 1.87. The molecule has 0 spiro atoms. The Morgan fingerprint density at radius 1 is 1.25 bits per heavy atom. The van der Waals surface area contributed by atoms with Gasteiger partial charge in [0.15, 0.2) is 0 Å². The Hall–Kier alpha value is -2.83. The predicted molar refractivity (Wildman–Crippen MR) is 87.7 cm³/mol. The van der Waals surface area contributed by atoms with Crippen LogP contribution in [0.15, 0.2) is 30.3 Å². The largest absolute Gasteiger partial charge is 0.493 e. The lowest BCUT2D eigenvalue weighted by Gasteiger charge is -2.12. The van der Waals surface area contributed by atoms with Crippen molar-refractivity contribution in [3.8, 4) is 5.75 Å². The van der Waals surface area contributed by atoms with Gasteiger partial charge in [0.25, 0.3) is 0 Å². The maximum absolute atomic E-state index is 11.9. The van der Waals surface area contributed by atoms with E-state index in [9.17, 15) is 14.4 Å². The third-order valence-corrected chi connectivity index (χ3v) is 3.06. The van der Waals surface area contributed by atoms with Gasteiger partial charge >= 0.3 is 11.9 Å². The number of hydrogen-bond acceptors (Lipinski definition) is 4. The monoisotopic (exact) mass is 335 g/mol. The Balaban J connectivity index is 2.70. The molecule has 130 valence electrons. The lowest BCUT2D eigenvalue weighted by Crippen LogP contribution is -2.40. The highest BCUT2D eigenvalue weighted by Gasteiger charge is 2.19. The molecular weight excluding hydrogens is 314 g/mol. The summed E-state index contributed by atoms with van der Waals surface area (Å²) < 4.78 is 5.56. The molecule has 7 nitrogen and oxygen atoms in total. The molecule has 1 aromatic carbocycles. The first kappa shape index (κ1) is 19.2. The summed E-state index contributed by atoms with van der Waals surface area (Å²) in [6.45, 7) is 2.53. The van der Waals surface area contributed by atoms with E-state index in [1.54, 1.807) is 18.2 Å². The number of carbonyl (C=O) groups excluding carboxylic acids is 1. The standard InChI is InChI=1S/C17H21NO6/c1-2-11-24-14-6-4-3-5-12(14)7-9-15(19)18-13(17(22)23)8-10-16(20)21/h3-7,9,13H,2,8,10-11H2,1H3,(H,18,19)(H,20,21)(H,22,23)/b9-7+. The SMILES string of the molecule is CCCOc1ccccc1/C=C/C(=O)NC(CCC(=O)O)C(=O)O. The molecular formula is C17H21NO6. The van der Waals surface area contributed by atoms with Crippen molar-refractivity contribution in [2.45, 2.75) is 32.2 Å². The number of amides is 1. The molecule has 0 saturated carbocycles. The van der Waals surface area contributed by atoms with Crippen LogP contribution in [0.2, 0.25) is 0 Å². The molecule has 0 fully saturated rings. The zero-order valence-corrected chi connectivity index (χ0v) is 13.4. The van der Waals surface area contributed by atoms with Crippen LogP contribution in [0, 0.1) is 0 Å². The zero-order chi connectivity index (χ0) is 17.9. The smallest absolute Gasteiger partial charge is 0.326 e. The Bertz CT molecular complexity index is 611. The summed E-state index contributed by atoms with van der Waals surface area (Å²) in [7, 11) is 0. The number of carboxylic acids is 2. The highest BCUT2D eigenvalue weighted by Crippen LogP contribution is 2.19. The minimum atomic E-state index is -1.27. The van der Waals surface area contributed by atoms with Gasteiger partial charge in [0.05, 0.1) is 6.61 Å². The van der Waals surface area contributed by atoms with Gasteiger partial charge in [-0.05, 0) is 25.0 Å². The molecule has 3 N–H and O–H groups in total. The Kier molecular flexibility index (Phi) is 8.04. The van der Waals surface area contributed by atoms with Crippen molar-refractivity contribution in [2.24, 2.45) is 0 Å². The Morgan fingerprint density at radius 3 is 2.58 bits per heavy atom. The number of carboxylic acid groups (broad SMARTS) is 2. The van der Waals surface area contributed by atoms with Crippen LogP contribution < -0.4 is 10.1 Å². The number of rotatable bonds is 10. The molecule has 1 atom stereocenters. The number of nitrogens with one attached hydrogen (secondary N) is 1. The maximum Gasteiger partial charge on any atom is 0.326 e. The molecule has 0 aliphatic carbocycles. The van der Waals surface area contributed by atoms with Gasteiger partial charge in [-0.15, -0.1) is 0 Å². The van der Waals surface area contributed by atoms with Crippen molar-refractivity contribution in [1.29, 1.82) is 0 Å². The maximum atomic E-state index is 11.9. The number of hydrogen-bond donors (Lipinski definition) is 3. The minimum absolute atomic E-state index is 0.180. The first-order chi connectivity index (χ1) is 11.4. The van der Waals surface area contributed by atoms with Crippen molar-refractivity contribution in [3.05, 3.63) is 35.9 Å². The van der Waals surface area contributed by atoms with Crippen LogP contribution in [0.1, 0.15) is 31.7 Å². The molecule has 7 heteroatoms. The molecule has 0 aromatic heterocycles. The van der Waals surface area contributed by atoms with Gasteiger partial charge < -0.3 is 20.3 Å². The van der Waals surface area contributed by atoms with Gasteiger partial charge in [0, 0.05) is 18.1 Å². The molecule has 1 aromatic rings. The number of carbonyl (C=O) groups is 3. The van der Waals surface area contributed by atoms with Gasteiger partial charge in [-0.3, -0.25) is 9.59 Å². The third kappa shape index (κ3) is 6.95. The van der Waals surface area contributed by atoms with Crippen molar-refractivity contribution in [3.63, 3.8) is 0 Å². The van der Waals surface area contributed by atoms with E-state index >= 15 is 0 Å². The zero-order valence-electron chi connectivity index (χ0n) is 13.4. The average molecular weight is 335 g/mol. The van der Waals surface area contributed by atoms with Crippen molar-refractivity contribution < 1.29 is 29.3 Å². The summed E-state index contributed by atoms with van der Waals surface area (Å²) in [5, 5.41) is 19.9. The van der Waals surface area contributed by atoms with Crippen LogP contribution in [0.3, 0.4) is 0 Å². The summed E-state index contributed by atoms with van der Waals surface area (Å²) in [5.74, 6) is -2.38. The topological polar surface area (TPSA) is 113 Å². The van der Waals surface area contributed by atoms with Gasteiger partial charge in [0.1, 0.15) is 11.8 Å². The van der Waals surface area contributed by atoms with E-state index in [0.717, 1.165) is 6.42 Å². The molecule has 0 aliphatic rings. The molecule has 0 aliphatic heterocycles. The average Bonchev–Trinajstić information content (AvgIpc) is 2.55. The summed E-state index contributed by atoms with van der Waals surface area (Å²) in [6.07, 6.45) is 3.05. The molecule has 1 unspecified atom stereocenters. The lowest BCUT2D eigenvalue weighted by molar-refractivity contribution is -0.142. The van der Waals surface area contributed by atoms with Crippen LogP contribution >= 0.6 is 0 Å². The first-order valence-electron chi connectivity index (χ1n) is 7.59. The summed E-state index contributed by atoms with van der Waals surface area (Å²) in [5.41, 5.74) is 0.693. The van der Waals surface area contributed by atoms with Crippen LogP contribution in [0.5, 0.6) is 5.75 Å². The van der Waals surface area contributed by atoms with E-state index < -0.39 is 23.9 Å². The van der Waals surface area contributed by atoms with E-state index in [4.69, 9.17) is 14.9 Å². The Morgan fingerprint density at radius 2 is 1.96 bits per heavy atom. The van der Waals surface area contributed by atoms with E-state index in [2.05, 4.69) is 5.32 Å². The number of ether oxygens (including phenoxy) is 1. The molecule has 0 saturated heterocycles. The van der Waals surface area contributed by atoms with Gasteiger partial charge in [-0.25, -0.2) is 4.79 Å². The molecule has 0 heterocycles. The summed E-state index contributed by atoms with van der Waals surface area (Å²) >= 11 is 0. The van der Waals surface area contributed by atoms with Crippen LogP contribution in [-0.2, 0) is 14.4 Å². The van der Waals surface area contributed by atoms with Gasteiger partial charge in [-0.1, -0.05) is 25.1 Å². The third-order valence-electron chi connectivity index (χ3n) is 3.06. The fraction of sp³-hybridized carbons (Fsp3) is 0.353. The number of para-hydroxylation sites is 1. The lowest BCUT2D eigenvalue weighted by atomic mass is 10.1. The van der Waals surface area contributed by atoms with Crippen molar-refractivity contribution >= 4 is 23.9 Å². The number of aliphatic carboxylic acids is 2. The van der Waals surface area contributed by atoms with Crippen molar-refractivity contribution in [1.82, 2.24) is 5.32 Å².